The van der Waals surface area contributed by atoms with Crippen molar-refractivity contribution in [1.82, 2.24) is 29.9 Å². The smallest absolute Gasteiger partial charge is 0.266 e. The van der Waals surface area contributed by atoms with E-state index in [-0.39, 0.29) is 24.6 Å². The Kier molecular flexibility index (Phi) is 4.75. The number of carbonyl (C=O) groups is 1. The molecule has 9 nitrogen and oxygen atoms in total. The summed E-state index contributed by atoms with van der Waals surface area (Å²) >= 11 is 0. The quantitative estimate of drug-likeness (QED) is 0.535. The third-order valence-corrected chi connectivity index (χ3v) is 5.07. The molecule has 1 N–H and O–H groups in total. The molecule has 1 aliphatic heterocycles. The van der Waals surface area contributed by atoms with Gasteiger partial charge >= 0.3 is 0 Å². The van der Waals surface area contributed by atoms with Gasteiger partial charge < -0.3 is 10.1 Å². The molecule has 0 saturated heterocycles. The van der Waals surface area contributed by atoms with Crippen molar-refractivity contribution < 1.29 is 9.53 Å². The Morgan fingerprint density at radius 2 is 1.71 bits per heavy atom. The summed E-state index contributed by atoms with van der Waals surface area (Å²) in [5.41, 5.74) is 1.35. The molecule has 0 radical (unpaired) electrons. The first-order chi connectivity index (χ1) is 15.2. The number of rotatable bonds is 5. The molecule has 31 heavy (non-hydrogen) atoms. The first kappa shape index (κ1) is 18.7. The second-order valence-corrected chi connectivity index (χ2v) is 6.99. The summed E-state index contributed by atoms with van der Waals surface area (Å²) in [6.45, 7) is 0.466. The predicted molar refractivity (Wildman–Crippen MR) is 111 cm³/mol. The Labute approximate surface area is 176 Å². The van der Waals surface area contributed by atoms with Gasteiger partial charge in [0.25, 0.3) is 5.56 Å². The predicted octanol–water partition coefficient (Wildman–Crippen LogP) is 1.88. The summed E-state index contributed by atoms with van der Waals surface area (Å²) in [7, 11) is 0. The second-order valence-electron chi connectivity index (χ2n) is 6.99. The molecule has 0 fully saturated rings. The number of hydrogen-bond acceptors (Lipinski definition) is 6. The topological polar surface area (TPSA) is 104 Å². The molecule has 3 heterocycles. The molecule has 0 spiro atoms. The van der Waals surface area contributed by atoms with Crippen LogP contribution in [0.15, 0.2) is 78.1 Å². The summed E-state index contributed by atoms with van der Waals surface area (Å²) in [5, 5.41) is 11.2. The number of carbonyl (C=O) groups excluding carboxylic acids is 1. The van der Waals surface area contributed by atoms with Gasteiger partial charge in [-0.05, 0) is 18.2 Å². The number of ether oxygens (including phenoxy) is 1. The van der Waals surface area contributed by atoms with Crippen molar-refractivity contribution in [3.8, 4) is 17.3 Å². The van der Waals surface area contributed by atoms with Gasteiger partial charge in [-0.15, -0.1) is 5.10 Å². The maximum Gasteiger partial charge on any atom is 0.266 e. The second kappa shape index (κ2) is 7.86. The average molecular weight is 414 g/mol. The van der Waals surface area contributed by atoms with Crippen LogP contribution in [0.1, 0.15) is 17.0 Å². The fourth-order valence-electron chi connectivity index (χ4n) is 3.63. The number of nitrogens with one attached hydrogen (secondary N) is 1. The van der Waals surface area contributed by atoms with Crippen LogP contribution in [0.25, 0.3) is 5.82 Å². The molecule has 0 unspecified atom stereocenters. The van der Waals surface area contributed by atoms with Crippen molar-refractivity contribution in [3.63, 3.8) is 0 Å². The zero-order valence-electron chi connectivity index (χ0n) is 16.4. The van der Waals surface area contributed by atoms with Crippen LogP contribution in [0.4, 0.5) is 0 Å². The standard InChI is InChI=1S/C22H18N6O3/c29-20-10-9-19(28-14-23-13-25-28)26-27(20)12-11-24-22(30)21-15-5-1-3-7-17(15)31-18-8-4-2-6-16(18)21/h1-10,13-14,21H,11-12H2,(H,24,30). The number of para-hydroxylation sites is 2. The van der Waals surface area contributed by atoms with E-state index < -0.39 is 5.92 Å². The van der Waals surface area contributed by atoms with Crippen molar-refractivity contribution in [3.05, 3.63) is 94.8 Å². The molecule has 0 saturated carbocycles. The number of aromatic nitrogens is 5. The van der Waals surface area contributed by atoms with Crippen molar-refractivity contribution in [2.75, 3.05) is 6.54 Å². The highest BCUT2D eigenvalue weighted by atomic mass is 16.5. The fraction of sp³-hybridized carbons (Fsp3) is 0.136. The molecule has 0 atom stereocenters. The number of amides is 1. The molecule has 2 aromatic heterocycles. The van der Waals surface area contributed by atoms with Gasteiger partial charge in [-0.25, -0.2) is 14.3 Å². The summed E-state index contributed by atoms with van der Waals surface area (Å²) in [6, 6.07) is 18.0. The summed E-state index contributed by atoms with van der Waals surface area (Å²) in [6.07, 6.45) is 2.89. The molecular formula is C22H18N6O3. The Hall–Kier alpha value is -4.27. The molecular weight excluding hydrogens is 396 g/mol. The van der Waals surface area contributed by atoms with Gasteiger partial charge in [-0.2, -0.15) is 5.10 Å². The lowest BCUT2D eigenvalue weighted by molar-refractivity contribution is -0.121. The van der Waals surface area contributed by atoms with Crippen molar-refractivity contribution in [2.24, 2.45) is 0 Å². The normalized spacial score (nSPS) is 12.5. The van der Waals surface area contributed by atoms with E-state index in [9.17, 15) is 9.59 Å². The zero-order chi connectivity index (χ0) is 21.2. The van der Waals surface area contributed by atoms with Crippen LogP contribution >= 0.6 is 0 Å². The molecule has 1 aliphatic rings. The van der Waals surface area contributed by atoms with E-state index in [0.29, 0.717) is 17.3 Å². The molecule has 154 valence electrons. The van der Waals surface area contributed by atoms with Crippen LogP contribution < -0.4 is 15.6 Å². The van der Waals surface area contributed by atoms with Crippen LogP contribution in [-0.2, 0) is 11.3 Å². The molecule has 1 amide bonds. The molecule has 0 bridgehead atoms. The summed E-state index contributed by atoms with van der Waals surface area (Å²) in [4.78, 5) is 29.2. The van der Waals surface area contributed by atoms with Gasteiger partial charge in [0, 0.05) is 23.7 Å². The molecule has 0 aliphatic carbocycles. The van der Waals surface area contributed by atoms with Gasteiger partial charge in [0.2, 0.25) is 5.91 Å². The maximum absolute atomic E-state index is 13.2. The minimum atomic E-state index is -0.493. The molecule has 2 aromatic carbocycles. The van der Waals surface area contributed by atoms with Crippen LogP contribution in [0.2, 0.25) is 0 Å². The first-order valence-electron chi connectivity index (χ1n) is 9.77. The fourth-order valence-corrected chi connectivity index (χ4v) is 3.63. The van der Waals surface area contributed by atoms with E-state index in [1.54, 1.807) is 6.07 Å². The van der Waals surface area contributed by atoms with Crippen LogP contribution in [-0.4, -0.2) is 37.0 Å². The van der Waals surface area contributed by atoms with Gasteiger partial charge in [-0.1, -0.05) is 36.4 Å². The Balaban J connectivity index is 1.34. The van der Waals surface area contributed by atoms with Gasteiger partial charge in [0.1, 0.15) is 24.2 Å². The summed E-state index contributed by atoms with van der Waals surface area (Å²) in [5.74, 6) is 1.14. The number of fused-ring (bicyclic) bond motifs is 2. The molecule has 9 heteroatoms. The van der Waals surface area contributed by atoms with Gasteiger partial charge in [0.15, 0.2) is 5.82 Å². The van der Waals surface area contributed by atoms with Crippen LogP contribution in [0.3, 0.4) is 0 Å². The van der Waals surface area contributed by atoms with Crippen molar-refractivity contribution >= 4 is 5.91 Å². The van der Waals surface area contributed by atoms with E-state index in [2.05, 4.69) is 20.5 Å². The number of benzene rings is 2. The lowest BCUT2D eigenvalue weighted by Crippen LogP contribution is -2.36. The van der Waals surface area contributed by atoms with E-state index in [0.717, 1.165) is 11.1 Å². The van der Waals surface area contributed by atoms with E-state index in [1.165, 1.54) is 28.1 Å². The third kappa shape index (κ3) is 3.57. The Morgan fingerprint density at radius 1 is 1.00 bits per heavy atom. The maximum atomic E-state index is 13.2. The minimum Gasteiger partial charge on any atom is -0.457 e. The number of nitrogens with zero attached hydrogens (tertiary/aromatic N) is 5. The molecule has 4 aromatic rings. The Morgan fingerprint density at radius 3 is 2.39 bits per heavy atom. The zero-order valence-corrected chi connectivity index (χ0v) is 16.4. The lowest BCUT2D eigenvalue weighted by atomic mass is 9.87. The van der Waals surface area contributed by atoms with Gasteiger partial charge in [-0.3, -0.25) is 9.59 Å². The van der Waals surface area contributed by atoms with Crippen molar-refractivity contribution in [2.45, 2.75) is 12.5 Å². The van der Waals surface area contributed by atoms with Gasteiger partial charge in [0.05, 0.1) is 12.5 Å². The number of hydrogen-bond donors (Lipinski definition) is 1. The first-order valence-corrected chi connectivity index (χ1v) is 9.77. The monoisotopic (exact) mass is 414 g/mol. The summed E-state index contributed by atoms with van der Waals surface area (Å²) < 4.78 is 8.70. The lowest BCUT2D eigenvalue weighted by Gasteiger charge is -2.27. The molecule has 5 rings (SSSR count). The highest BCUT2D eigenvalue weighted by Crippen LogP contribution is 2.43. The largest absolute Gasteiger partial charge is 0.457 e. The third-order valence-electron chi connectivity index (χ3n) is 5.07. The van der Waals surface area contributed by atoms with Crippen LogP contribution in [0, 0.1) is 0 Å². The van der Waals surface area contributed by atoms with Crippen LogP contribution in [0.5, 0.6) is 11.5 Å². The highest BCUT2D eigenvalue weighted by molar-refractivity contribution is 5.89. The highest BCUT2D eigenvalue weighted by Gasteiger charge is 2.32. The average Bonchev–Trinajstić information content (AvgIpc) is 3.33. The van der Waals surface area contributed by atoms with E-state index in [1.807, 2.05) is 48.5 Å². The SMILES string of the molecule is O=C(NCCn1nc(-n2cncn2)ccc1=O)C1c2ccccc2Oc2ccccc21. The van der Waals surface area contributed by atoms with E-state index in [4.69, 9.17) is 4.74 Å². The van der Waals surface area contributed by atoms with E-state index >= 15 is 0 Å². The Bertz CT molecular complexity index is 1250. The minimum absolute atomic E-state index is 0.163. The van der Waals surface area contributed by atoms with Crippen molar-refractivity contribution in [1.29, 1.82) is 0 Å².